The minimum atomic E-state index is -0.00495. The standard InChI is InChI=1S/C37H43ClN4O2/c38-30-14-11-27(12-15-30)24-36-34-9-1-2-10-35(34)37(43)42(39-36)26-32-8-4-19-40(32)20-5-23-44-33-16-13-28-17-21-41(31-6-3-7-31)22-18-29(28)25-33/h1-2,9-16,25,31-32H,3-8,17-24,26H2. The van der Waals surface area contributed by atoms with Crippen LogP contribution in [0.2, 0.25) is 5.02 Å². The van der Waals surface area contributed by atoms with Crippen LogP contribution in [0.15, 0.2) is 71.5 Å². The molecule has 0 bridgehead atoms. The number of ether oxygens (including phenoxy) is 1. The Morgan fingerprint density at radius 1 is 0.864 bits per heavy atom. The van der Waals surface area contributed by atoms with Crippen LogP contribution in [0, 0.1) is 0 Å². The van der Waals surface area contributed by atoms with Crippen molar-refractivity contribution in [2.24, 2.45) is 0 Å². The number of benzene rings is 3. The fraction of sp³-hybridized carbons (Fsp3) is 0.459. The molecule has 1 aromatic heterocycles. The first kappa shape index (κ1) is 29.5. The highest BCUT2D eigenvalue weighted by Gasteiger charge is 2.27. The third-order valence-electron chi connectivity index (χ3n) is 10.1. The Kier molecular flexibility index (Phi) is 9.01. The summed E-state index contributed by atoms with van der Waals surface area (Å²) in [6.07, 6.45) is 10.3. The summed E-state index contributed by atoms with van der Waals surface area (Å²) in [4.78, 5) is 18.8. The molecule has 7 heteroatoms. The number of fused-ring (bicyclic) bond motifs is 2. The van der Waals surface area contributed by atoms with Crippen LogP contribution in [0.3, 0.4) is 0 Å². The molecule has 1 aliphatic carbocycles. The minimum Gasteiger partial charge on any atom is -0.494 e. The summed E-state index contributed by atoms with van der Waals surface area (Å²) in [6.45, 7) is 5.71. The smallest absolute Gasteiger partial charge is 0.274 e. The molecule has 0 spiro atoms. The molecule has 1 unspecified atom stereocenters. The van der Waals surface area contributed by atoms with Crippen molar-refractivity contribution < 1.29 is 4.74 Å². The third kappa shape index (κ3) is 6.58. The zero-order valence-electron chi connectivity index (χ0n) is 25.6. The van der Waals surface area contributed by atoms with Crippen LogP contribution in [-0.2, 0) is 25.8 Å². The first-order chi connectivity index (χ1) is 21.6. The molecule has 0 amide bonds. The van der Waals surface area contributed by atoms with Crippen molar-refractivity contribution >= 4 is 22.4 Å². The van der Waals surface area contributed by atoms with Gasteiger partial charge in [0.1, 0.15) is 5.75 Å². The van der Waals surface area contributed by atoms with E-state index in [-0.39, 0.29) is 5.56 Å². The first-order valence-electron chi connectivity index (χ1n) is 16.6. The van der Waals surface area contributed by atoms with Gasteiger partial charge in [0.05, 0.1) is 24.2 Å². The van der Waals surface area contributed by atoms with Gasteiger partial charge in [-0.25, -0.2) is 4.68 Å². The van der Waals surface area contributed by atoms with Crippen molar-refractivity contribution in [3.8, 4) is 5.75 Å². The Hall–Kier alpha value is -3.19. The quantitative estimate of drug-likeness (QED) is 0.191. The molecule has 3 heterocycles. The lowest BCUT2D eigenvalue weighted by Gasteiger charge is -2.36. The van der Waals surface area contributed by atoms with E-state index in [1.54, 1.807) is 4.68 Å². The molecule has 1 atom stereocenters. The second-order valence-corrected chi connectivity index (χ2v) is 13.3. The van der Waals surface area contributed by atoms with E-state index in [4.69, 9.17) is 21.4 Å². The maximum absolute atomic E-state index is 13.5. The average molecular weight is 611 g/mol. The molecule has 230 valence electrons. The van der Waals surface area contributed by atoms with E-state index >= 15 is 0 Å². The molecule has 44 heavy (non-hydrogen) atoms. The summed E-state index contributed by atoms with van der Waals surface area (Å²) in [5.41, 5.74) is 5.01. The average Bonchev–Trinajstić information content (AvgIpc) is 3.35. The van der Waals surface area contributed by atoms with Crippen LogP contribution in [-0.4, -0.2) is 64.4 Å². The molecule has 3 aliphatic rings. The molecule has 4 aromatic rings. The van der Waals surface area contributed by atoms with Crippen molar-refractivity contribution in [2.75, 3.05) is 32.8 Å². The van der Waals surface area contributed by atoms with Crippen molar-refractivity contribution in [1.82, 2.24) is 19.6 Å². The normalized spacial score (nSPS) is 19.5. The van der Waals surface area contributed by atoms with E-state index in [1.807, 2.05) is 48.5 Å². The van der Waals surface area contributed by atoms with Gasteiger partial charge in [-0.3, -0.25) is 14.6 Å². The lowest BCUT2D eigenvalue weighted by Crippen LogP contribution is -2.41. The second kappa shape index (κ2) is 13.4. The molecule has 0 radical (unpaired) electrons. The van der Waals surface area contributed by atoms with E-state index < -0.39 is 0 Å². The number of hydrogen-bond donors (Lipinski definition) is 0. The van der Waals surface area contributed by atoms with Crippen LogP contribution in [0.5, 0.6) is 5.75 Å². The zero-order valence-corrected chi connectivity index (χ0v) is 26.4. The molecule has 2 fully saturated rings. The molecule has 1 saturated carbocycles. The highest BCUT2D eigenvalue weighted by atomic mass is 35.5. The first-order valence-corrected chi connectivity index (χ1v) is 16.9. The van der Waals surface area contributed by atoms with Gasteiger partial charge >= 0.3 is 0 Å². The zero-order chi connectivity index (χ0) is 29.9. The Morgan fingerprint density at radius 3 is 2.45 bits per heavy atom. The number of hydrogen-bond acceptors (Lipinski definition) is 5. The number of aromatic nitrogens is 2. The van der Waals surface area contributed by atoms with E-state index in [9.17, 15) is 4.79 Å². The van der Waals surface area contributed by atoms with Gasteiger partial charge in [-0.1, -0.05) is 54.4 Å². The van der Waals surface area contributed by atoms with Gasteiger partial charge in [-0.15, -0.1) is 0 Å². The molecular weight excluding hydrogens is 568 g/mol. The van der Waals surface area contributed by atoms with Gasteiger partial charge in [0.15, 0.2) is 0 Å². The van der Waals surface area contributed by atoms with E-state index in [0.717, 1.165) is 84.0 Å². The third-order valence-corrected chi connectivity index (χ3v) is 10.3. The Labute approximate surface area is 265 Å². The Balaban J connectivity index is 0.966. The van der Waals surface area contributed by atoms with Crippen LogP contribution in [0.4, 0.5) is 0 Å². The molecular formula is C37H43ClN4O2. The minimum absolute atomic E-state index is 0.00495. The molecule has 1 saturated heterocycles. The molecule has 3 aromatic carbocycles. The Morgan fingerprint density at radius 2 is 1.66 bits per heavy atom. The van der Waals surface area contributed by atoms with E-state index in [1.165, 1.54) is 43.5 Å². The molecule has 2 aliphatic heterocycles. The maximum Gasteiger partial charge on any atom is 0.274 e. The van der Waals surface area contributed by atoms with Crippen LogP contribution in [0.1, 0.15) is 60.9 Å². The number of nitrogens with zero attached hydrogens (tertiary/aromatic N) is 4. The maximum atomic E-state index is 13.5. The van der Waals surface area contributed by atoms with Crippen LogP contribution in [0.25, 0.3) is 10.8 Å². The highest BCUT2D eigenvalue weighted by molar-refractivity contribution is 6.30. The van der Waals surface area contributed by atoms with Crippen molar-refractivity contribution in [1.29, 1.82) is 0 Å². The number of likely N-dealkylation sites (tertiary alicyclic amines) is 1. The van der Waals surface area contributed by atoms with Crippen molar-refractivity contribution in [3.63, 3.8) is 0 Å². The second-order valence-electron chi connectivity index (χ2n) is 12.9. The summed E-state index contributed by atoms with van der Waals surface area (Å²) >= 11 is 6.12. The van der Waals surface area contributed by atoms with E-state index in [0.29, 0.717) is 25.6 Å². The summed E-state index contributed by atoms with van der Waals surface area (Å²) in [7, 11) is 0. The highest BCUT2D eigenvalue weighted by Crippen LogP contribution is 2.29. The van der Waals surface area contributed by atoms with Gasteiger partial charge in [0.2, 0.25) is 0 Å². The van der Waals surface area contributed by atoms with Crippen molar-refractivity contribution in [2.45, 2.75) is 76.4 Å². The summed E-state index contributed by atoms with van der Waals surface area (Å²) in [5.74, 6) is 0.999. The van der Waals surface area contributed by atoms with Gasteiger partial charge in [0.25, 0.3) is 5.56 Å². The lowest BCUT2D eigenvalue weighted by molar-refractivity contribution is 0.133. The molecule has 7 rings (SSSR count). The Bertz CT molecular complexity index is 1650. The fourth-order valence-electron chi connectivity index (χ4n) is 7.33. The summed E-state index contributed by atoms with van der Waals surface area (Å²) in [5, 5.41) is 7.32. The van der Waals surface area contributed by atoms with Crippen LogP contribution < -0.4 is 10.3 Å². The van der Waals surface area contributed by atoms with Crippen molar-refractivity contribution in [3.05, 3.63) is 104 Å². The monoisotopic (exact) mass is 610 g/mol. The molecule has 0 N–H and O–H groups in total. The van der Waals surface area contributed by atoms with Gasteiger partial charge in [-0.05, 0) is 98.5 Å². The summed E-state index contributed by atoms with van der Waals surface area (Å²) in [6, 6.07) is 23.6. The van der Waals surface area contributed by atoms with E-state index in [2.05, 4.69) is 28.0 Å². The summed E-state index contributed by atoms with van der Waals surface area (Å²) < 4.78 is 7.98. The predicted molar refractivity (Wildman–Crippen MR) is 178 cm³/mol. The topological polar surface area (TPSA) is 50.6 Å². The fourth-order valence-corrected chi connectivity index (χ4v) is 7.46. The number of rotatable bonds is 10. The van der Waals surface area contributed by atoms with Crippen LogP contribution >= 0.6 is 11.6 Å². The lowest BCUT2D eigenvalue weighted by atomic mass is 9.91. The van der Waals surface area contributed by atoms with Gasteiger partial charge in [-0.2, -0.15) is 5.10 Å². The largest absolute Gasteiger partial charge is 0.494 e. The van der Waals surface area contributed by atoms with Gasteiger partial charge < -0.3 is 4.74 Å². The SMILES string of the molecule is O=c1c2ccccc2c(Cc2ccc(Cl)cc2)nn1CC1CCCN1CCCOc1ccc2c(c1)CCN(C1CCC1)CC2. The number of halogens is 1. The molecule has 6 nitrogen and oxygen atoms in total. The van der Waals surface area contributed by atoms with Gasteiger partial charge in [0, 0.05) is 48.5 Å². The predicted octanol–water partition coefficient (Wildman–Crippen LogP) is 6.53.